The van der Waals surface area contributed by atoms with Gasteiger partial charge in [-0.05, 0) is 48.6 Å². The molecule has 0 aliphatic rings. The molecule has 0 aliphatic carbocycles. The molecule has 0 aliphatic heterocycles. The third kappa shape index (κ3) is 6.39. The summed E-state index contributed by atoms with van der Waals surface area (Å²) in [5, 5.41) is 11.7. The Kier molecular flexibility index (Phi) is 7.80. The summed E-state index contributed by atoms with van der Waals surface area (Å²) in [6, 6.07) is 5.85. The largest absolute Gasteiger partial charge is 0.493 e. The summed E-state index contributed by atoms with van der Waals surface area (Å²) in [6.07, 6.45) is 2.30. The van der Waals surface area contributed by atoms with Gasteiger partial charge in [0.05, 0.1) is 6.61 Å². The standard InChI is InChI=1S/C16H23NO4S/c1-11(2)10-21-13-6-4-12(5-7-13)15(18)17-14(16(19)20)8-9-22-3/h4-7,11,14H,8-10H2,1-3H3,(H,17,18)(H,19,20). The summed E-state index contributed by atoms with van der Waals surface area (Å²) in [5.41, 5.74) is 0.423. The average molecular weight is 325 g/mol. The summed E-state index contributed by atoms with van der Waals surface area (Å²) < 4.78 is 5.55. The van der Waals surface area contributed by atoms with Crippen LogP contribution >= 0.6 is 11.8 Å². The topological polar surface area (TPSA) is 75.6 Å². The van der Waals surface area contributed by atoms with E-state index >= 15 is 0 Å². The van der Waals surface area contributed by atoms with Crippen LogP contribution in [-0.2, 0) is 4.79 Å². The predicted molar refractivity (Wildman–Crippen MR) is 88.7 cm³/mol. The SMILES string of the molecule is CSCCC(NC(=O)c1ccc(OCC(C)C)cc1)C(=O)O. The molecule has 122 valence electrons. The Bertz CT molecular complexity index is 487. The minimum absolute atomic E-state index is 0.385. The van der Waals surface area contributed by atoms with Crippen LogP contribution in [0.2, 0.25) is 0 Å². The van der Waals surface area contributed by atoms with Gasteiger partial charge in [0.25, 0.3) is 5.91 Å². The van der Waals surface area contributed by atoms with E-state index in [1.54, 1.807) is 36.0 Å². The number of hydrogen-bond donors (Lipinski definition) is 2. The van der Waals surface area contributed by atoms with Gasteiger partial charge in [-0.15, -0.1) is 0 Å². The van der Waals surface area contributed by atoms with Gasteiger partial charge < -0.3 is 15.2 Å². The maximum absolute atomic E-state index is 12.1. The highest BCUT2D eigenvalue weighted by Gasteiger charge is 2.20. The molecule has 22 heavy (non-hydrogen) atoms. The zero-order valence-corrected chi connectivity index (χ0v) is 14.0. The Morgan fingerprint density at radius 3 is 2.41 bits per heavy atom. The zero-order chi connectivity index (χ0) is 16.5. The molecule has 1 amide bonds. The number of carbonyl (C=O) groups excluding carboxylic acids is 1. The minimum Gasteiger partial charge on any atom is -0.493 e. The second-order valence-corrected chi connectivity index (χ2v) is 6.36. The van der Waals surface area contributed by atoms with E-state index in [0.717, 1.165) is 0 Å². The molecule has 0 heterocycles. The minimum atomic E-state index is -1.01. The summed E-state index contributed by atoms with van der Waals surface area (Å²) >= 11 is 1.55. The molecule has 0 saturated carbocycles. The summed E-state index contributed by atoms with van der Waals surface area (Å²) in [7, 11) is 0. The normalized spacial score (nSPS) is 12.0. The van der Waals surface area contributed by atoms with Crippen LogP contribution in [0.5, 0.6) is 5.75 Å². The van der Waals surface area contributed by atoms with Crippen molar-refractivity contribution in [3.05, 3.63) is 29.8 Å². The lowest BCUT2D eigenvalue weighted by molar-refractivity contribution is -0.139. The van der Waals surface area contributed by atoms with E-state index in [4.69, 9.17) is 9.84 Å². The van der Waals surface area contributed by atoms with Crippen molar-refractivity contribution in [1.82, 2.24) is 5.32 Å². The highest BCUT2D eigenvalue weighted by atomic mass is 32.2. The van der Waals surface area contributed by atoms with Gasteiger partial charge in [-0.25, -0.2) is 4.79 Å². The first-order valence-corrected chi connectivity index (χ1v) is 8.59. The number of carbonyl (C=O) groups is 2. The van der Waals surface area contributed by atoms with Crippen LogP contribution < -0.4 is 10.1 Å². The first-order valence-electron chi connectivity index (χ1n) is 7.19. The number of carboxylic acids is 1. The lowest BCUT2D eigenvalue weighted by Crippen LogP contribution is -2.41. The van der Waals surface area contributed by atoms with Crippen molar-refractivity contribution in [1.29, 1.82) is 0 Å². The van der Waals surface area contributed by atoms with E-state index in [-0.39, 0.29) is 5.91 Å². The smallest absolute Gasteiger partial charge is 0.326 e. The number of carboxylic acid groups (broad SMARTS) is 1. The monoisotopic (exact) mass is 325 g/mol. The van der Waals surface area contributed by atoms with Crippen molar-refractivity contribution in [2.75, 3.05) is 18.6 Å². The van der Waals surface area contributed by atoms with Crippen molar-refractivity contribution in [3.63, 3.8) is 0 Å². The molecule has 0 bridgehead atoms. The fourth-order valence-corrected chi connectivity index (χ4v) is 2.17. The van der Waals surface area contributed by atoms with Crippen LogP contribution in [0, 0.1) is 5.92 Å². The summed E-state index contributed by atoms with van der Waals surface area (Å²) in [5.74, 6) is 0.403. The van der Waals surface area contributed by atoms with Crippen LogP contribution in [0.1, 0.15) is 30.6 Å². The molecule has 0 saturated heterocycles. The van der Waals surface area contributed by atoms with Crippen molar-refractivity contribution in [2.24, 2.45) is 5.92 Å². The fourth-order valence-electron chi connectivity index (χ4n) is 1.70. The molecule has 6 heteroatoms. The van der Waals surface area contributed by atoms with E-state index in [1.807, 2.05) is 6.26 Å². The predicted octanol–water partition coefficient (Wildman–Crippen LogP) is 2.66. The third-order valence-corrected chi connectivity index (χ3v) is 3.56. The molecule has 0 spiro atoms. The molecule has 1 aromatic carbocycles. The van der Waals surface area contributed by atoms with Gasteiger partial charge in [0, 0.05) is 5.56 Å². The van der Waals surface area contributed by atoms with E-state index < -0.39 is 12.0 Å². The van der Waals surface area contributed by atoms with Gasteiger partial charge in [-0.3, -0.25) is 4.79 Å². The van der Waals surface area contributed by atoms with Crippen LogP contribution in [-0.4, -0.2) is 41.6 Å². The second-order valence-electron chi connectivity index (χ2n) is 5.37. The maximum atomic E-state index is 12.1. The molecule has 2 N–H and O–H groups in total. The van der Waals surface area contributed by atoms with Crippen molar-refractivity contribution < 1.29 is 19.4 Å². The molecule has 0 radical (unpaired) electrons. The lowest BCUT2D eigenvalue weighted by Gasteiger charge is -2.14. The fraction of sp³-hybridized carbons (Fsp3) is 0.500. The number of amides is 1. The van der Waals surface area contributed by atoms with Crippen LogP contribution in [0.3, 0.4) is 0 Å². The molecule has 1 atom stereocenters. The first-order chi connectivity index (χ1) is 10.4. The number of thioether (sulfide) groups is 1. The van der Waals surface area contributed by atoms with Crippen LogP contribution in [0.25, 0.3) is 0 Å². The maximum Gasteiger partial charge on any atom is 0.326 e. The Morgan fingerprint density at radius 2 is 1.91 bits per heavy atom. The molecule has 0 fully saturated rings. The molecule has 1 aromatic rings. The van der Waals surface area contributed by atoms with E-state index in [9.17, 15) is 9.59 Å². The molecule has 1 unspecified atom stereocenters. The molecule has 1 rings (SSSR count). The van der Waals surface area contributed by atoms with Crippen molar-refractivity contribution in [2.45, 2.75) is 26.3 Å². The van der Waals surface area contributed by atoms with Crippen molar-refractivity contribution in [3.8, 4) is 5.75 Å². The number of hydrogen-bond acceptors (Lipinski definition) is 4. The van der Waals surface area contributed by atoms with Gasteiger partial charge in [0.15, 0.2) is 0 Å². The summed E-state index contributed by atoms with van der Waals surface area (Å²) in [6.45, 7) is 4.73. The quantitative estimate of drug-likeness (QED) is 0.730. The van der Waals surface area contributed by atoms with E-state index in [0.29, 0.717) is 36.0 Å². The Labute approximate surface area is 135 Å². The molecule has 5 nitrogen and oxygen atoms in total. The number of benzene rings is 1. The van der Waals surface area contributed by atoms with E-state index in [2.05, 4.69) is 19.2 Å². The van der Waals surface area contributed by atoms with Gasteiger partial charge in [-0.1, -0.05) is 13.8 Å². The molecule has 0 aromatic heterocycles. The van der Waals surface area contributed by atoms with Crippen molar-refractivity contribution >= 4 is 23.6 Å². The van der Waals surface area contributed by atoms with Gasteiger partial charge in [0.2, 0.25) is 0 Å². The number of rotatable bonds is 9. The Morgan fingerprint density at radius 1 is 1.27 bits per heavy atom. The Balaban J connectivity index is 2.62. The lowest BCUT2D eigenvalue weighted by atomic mass is 10.1. The van der Waals surface area contributed by atoms with Gasteiger partial charge >= 0.3 is 5.97 Å². The van der Waals surface area contributed by atoms with E-state index in [1.165, 1.54) is 0 Å². The third-order valence-electron chi connectivity index (χ3n) is 2.91. The van der Waals surface area contributed by atoms with Crippen LogP contribution in [0.15, 0.2) is 24.3 Å². The number of aliphatic carboxylic acids is 1. The average Bonchev–Trinajstić information content (AvgIpc) is 2.49. The Hall–Kier alpha value is -1.69. The second kappa shape index (κ2) is 9.35. The van der Waals surface area contributed by atoms with Gasteiger partial charge in [0.1, 0.15) is 11.8 Å². The highest BCUT2D eigenvalue weighted by molar-refractivity contribution is 7.98. The summed E-state index contributed by atoms with van der Waals surface area (Å²) in [4.78, 5) is 23.2. The van der Waals surface area contributed by atoms with Gasteiger partial charge in [-0.2, -0.15) is 11.8 Å². The molecular weight excluding hydrogens is 302 g/mol. The zero-order valence-electron chi connectivity index (χ0n) is 13.2. The number of nitrogens with one attached hydrogen (secondary N) is 1. The number of ether oxygens (including phenoxy) is 1. The highest BCUT2D eigenvalue weighted by Crippen LogP contribution is 2.13. The molecular formula is C16H23NO4S. The first kappa shape index (κ1) is 18.4. The van der Waals surface area contributed by atoms with Crippen LogP contribution in [0.4, 0.5) is 0 Å².